The zero-order chi connectivity index (χ0) is 13.3. The fraction of sp³-hybridized carbons (Fsp3) is 1.00. The van der Waals surface area contributed by atoms with Crippen LogP contribution in [0.4, 0.5) is 0 Å². The Morgan fingerprint density at radius 2 is 2.11 bits per heavy atom. The third-order valence-corrected chi connectivity index (χ3v) is 3.53. The highest BCUT2D eigenvalue weighted by molar-refractivity contribution is 5.04. The lowest BCUT2D eigenvalue weighted by Crippen LogP contribution is -2.48. The van der Waals surface area contributed by atoms with Crippen LogP contribution in [-0.2, 0) is 9.47 Å². The summed E-state index contributed by atoms with van der Waals surface area (Å²) in [5, 5.41) is 33.1. The van der Waals surface area contributed by atoms with Crippen molar-refractivity contribution in [3.8, 4) is 0 Å². The first-order chi connectivity index (χ1) is 8.42. The lowest BCUT2D eigenvalue weighted by atomic mass is 9.90. The summed E-state index contributed by atoms with van der Waals surface area (Å²) < 4.78 is 10.7. The van der Waals surface area contributed by atoms with Crippen LogP contribution in [0.2, 0.25) is 0 Å². The number of ether oxygens (including phenoxy) is 2. The Labute approximate surface area is 107 Å². The van der Waals surface area contributed by atoms with Crippen molar-refractivity contribution < 1.29 is 24.8 Å². The summed E-state index contributed by atoms with van der Waals surface area (Å²) in [7, 11) is 0. The third kappa shape index (κ3) is 2.84. The maximum atomic E-state index is 10.5. The zero-order valence-electron chi connectivity index (χ0n) is 10.9. The Hall–Kier alpha value is -0.240. The van der Waals surface area contributed by atoms with Crippen molar-refractivity contribution in [1.29, 1.82) is 0 Å². The number of hydrogen-bond donors (Lipinski definition) is 4. The highest BCUT2D eigenvalue weighted by Gasteiger charge is 2.56. The molecule has 2 saturated heterocycles. The normalized spacial score (nSPS) is 41.3. The van der Waals surface area contributed by atoms with E-state index in [1.165, 1.54) is 0 Å². The molecule has 1 unspecified atom stereocenters. The topological polar surface area (TPSA) is 91.2 Å². The quantitative estimate of drug-likeness (QED) is 0.488. The molecule has 6 nitrogen and oxygen atoms in total. The van der Waals surface area contributed by atoms with E-state index in [1.807, 2.05) is 13.8 Å². The summed E-state index contributed by atoms with van der Waals surface area (Å²) in [6.07, 6.45) is -2.18. The minimum Gasteiger partial charge on any atom is -0.392 e. The van der Waals surface area contributed by atoms with Gasteiger partial charge in [-0.15, -0.1) is 0 Å². The van der Waals surface area contributed by atoms with Crippen molar-refractivity contribution >= 4 is 0 Å². The van der Waals surface area contributed by atoms with Crippen LogP contribution < -0.4 is 5.32 Å². The predicted molar refractivity (Wildman–Crippen MR) is 64.2 cm³/mol. The number of fused-ring (bicyclic) bond motifs is 1. The van der Waals surface area contributed by atoms with Gasteiger partial charge in [-0.3, -0.25) is 0 Å². The predicted octanol–water partition coefficient (Wildman–Crippen LogP) is -1.37. The maximum absolute atomic E-state index is 10.5. The molecule has 18 heavy (non-hydrogen) atoms. The summed E-state index contributed by atoms with van der Waals surface area (Å²) in [5.41, 5.74) is -1.21. The Bertz CT molecular complexity index is 288. The molecule has 4 N–H and O–H groups in total. The number of hydrogen-bond acceptors (Lipinski definition) is 6. The summed E-state index contributed by atoms with van der Waals surface area (Å²) in [4.78, 5) is 0. The standard InChI is InChI=1S/C12H23NO5/c1-7(2)13-4-8(14)3-12(16)6-18-10-9(15)5-17-11(10)12/h7-11,13-16H,3-6H2,1-2H3/t8?,9-,10-,11+,12+/m1/s1. The van der Waals surface area contributed by atoms with Crippen molar-refractivity contribution in [1.82, 2.24) is 5.32 Å². The van der Waals surface area contributed by atoms with Crippen LogP contribution in [0.25, 0.3) is 0 Å². The lowest BCUT2D eigenvalue weighted by molar-refractivity contribution is -0.0915. The van der Waals surface area contributed by atoms with Gasteiger partial charge in [0, 0.05) is 19.0 Å². The molecule has 0 aliphatic carbocycles. The molecule has 2 heterocycles. The summed E-state index contributed by atoms with van der Waals surface area (Å²) in [5.74, 6) is 0. The van der Waals surface area contributed by atoms with Crippen molar-refractivity contribution in [2.45, 2.75) is 56.3 Å². The van der Waals surface area contributed by atoms with Crippen LogP contribution in [0, 0.1) is 0 Å². The van der Waals surface area contributed by atoms with Gasteiger partial charge < -0.3 is 30.1 Å². The van der Waals surface area contributed by atoms with E-state index in [1.54, 1.807) is 0 Å². The molecule has 6 heteroatoms. The molecule has 0 saturated carbocycles. The molecule has 2 rings (SSSR count). The van der Waals surface area contributed by atoms with Gasteiger partial charge in [-0.1, -0.05) is 13.8 Å². The molecule has 0 aromatic rings. The molecule has 0 radical (unpaired) electrons. The second-order valence-electron chi connectivity index (χ2n) is 5.62. The Morgan fingerprint density at radius 3 is 2.78 bits per heavy atom. The molecular weight excluding hydrogens is 238 g/mol. The molecule has 2 aliphatic rings. The van der Waals surface area contributed by atoms with E-state index in [4.69, 9.17) is 9.47 Å². The zero-order valence-corrected chi connectivity index (χ0v) is 10.9. The SMILES string of the molecule is CC(C)NCC(O)C[C@]1(O)CO[C@@H]2[C@H](O)CO[C@@H]21. The van der Waals surface area contributed by atoms with Gasteiger partial charge in [0.2, 0.25) is 0 Å². The average molecular weight is 261 g/mol. The van der Waals surface area contributed by atoms with Crippen molar-refractivity contribution in [2.75, 3.05) is 19.8 Å². The number of aliphatic hydroxyl groups excluding tert-OH is 2. The smallest absolute Gasteiger partial charge is 0.119 e. The second-order valence-corrected chi connectivity index (χ2v) is 5.62. The minimum atomic E-state index is -1.21. The monoisotopic (exact) mass is 261 g/mol. The van der Waals surface area contributed by atoms with E-state index < -0.39 is 30.0 Å². The van der Waals surface area contributed by atoms with E-state index in [-0.39, 0.29) is 25.7 Å². The molecule has 2 fully saturated rings. The highest BCUT2D eigenvalue weighted by atomic mass is 16.6. The molecule has 0 bridgehead atoms. The first-order valence-electron chi connectivity index (χ1n) is 6.47. The fourth-order valence-corrected chi connectivity index (χ4v) is 2.60. The van der Waals surface area contributed by atoms with Crippen molar-refractivity contribution in [3.05, 3.63) is 0 Å². The number of aliphatic hydroxyl groups is 3. The molecule has 0 aromatic carbocycles. The van der Waals surface area contributed by atoms with Gasteiger partial charge in [0.1, 0.15) is 23.9 Å². The van der Waals surface area contributed by atoms with E-state index in [0.29, 0.717) is 6.54 Å². The highest BCUT2D eigenvalue weighted by Crippen LogP contribution is 2.36. The summed E-state index contributed by atoms with van der Waals surface area (Å²) >= 11 is 0. The largest absolute Gasteiger partial charge is 0.392 e. The molecule has 5 atom stereocenters. The maximum Gasteiger partial charge on any atom is 0.119 e. The van der Waals surface area contributed by atoms with Gasteiger partial charge in [0.15, 0.2) is 0 Å². The van der Waals surface area contributed by atoms with Crippen LogP contribution in [-0.4, -0.2) is 71.1 Å². The van der Waals surface area contributed by atoms with Gasteiger partial charge in [-0.2, -0.15) is 0 Å². The molecular formula is C12H23NO5. The fourth-order valence-electron chi connectivity index (χ4n) is 2.60. The molecule has 0 spiro atoms. The van der Waals surface area contributed by atoms with Gasteiger partial charge in [-0.25, -0.2) is 0 Å². The van der Waals surface area contributed by atoms with Crippen LogP contribution in [0.1, 0.15) is 20.3 Å². The Morgan fingerprint density at radius 1 is 1.39 bits per heavy atom. The van der Waals surface area contributed by atoms with Gasteiger partial charge >= 0.3 is 0 Å². The average Bonchev–Trinajstić information content (AvgIpc) is 2.80. The summed E-state index contributed by atoms with van der Waals surface area (Å²) in [6, 6.07) is 0.284. The van der Waals surface area contributed by atoms with Gasteiger partial charge in [0.25, 0.3) is 0 Å². The van der Waals surface area contributed by atoms with E-state index >= 15 is 0 Å². The van der Waals surface area contributed by atoms with Crippen molar-refractivity contribution in [2.24, 2.45) is 0 Å². The van der Waals surface area contributed by atoms with E-state index in [0.717, 1.165) is 0 Å². The first-order valence-corrected chi connectivity index (χ1v) is 6.47. The van der Waals surface area contributed by atoms with Crippen molar-refractivity contribution in [3.63, 3.8) is 0 Å². The minimum absolute atomic E-state index is 0.0954. The van der Waals surface area contributed by atoms with E-state index in [2.05, 4.69) is 5.32 Å². The van der Waals surface area contributed by atoms with Gasteiger partial charge in [0.05, 0.1) is 19.3 Å². The Balaban J connectivity index is 1.88. The van der Waals surface area contributed by atoms with Crippen LogP contribution >= 0.6 is 0 Å². The third-order valence-electron chi connectivity index (χ3n) is 3.53. The van der Waals surface area contributed by atoms with Crippen LogP contribution in [0.5, 0.6) is 0 Å². The van der Waals surface area contributed by atoms with Crippen LogP contribution in [0.3, 0.4) is 0 Å². The van der Waals surface area contributed by atoms with E-state index in [9.17, 15) is 15.3 Å². The Kier molecular flexibility index (Phi) is 4.25. The van der Waals surface area contributed by atoms with Gasteiger partial charge in [-0.05, 0) is 0 Å². The first kappa shape index (κ1) is 14.2. The number of nitrogens with one attached hydrogen (secondary N) is 1. The lowest BCUT2D eigenvalue weighted by Gasteiger charge is -2.29. The second kappa shape index (κ2) is 5.40. The molecule has 0 aromatic heterocycles. The molecule has 106 valence electrons. The summed E-state index contributed by atoms with van der Waals surface area (Å²) in [6.45, 7) is 4.68. The number of rotatable bonds is 5. The molecule has 2 aliphatic heterocycles. The molecule has 0 amide bonds. The van der Waals surface area contributed by atoms with Crippen LogP contribution in [0.15, 0.2) is 0 Å².